The number of fused-ring (bicyclic) bond motifs is 4. The van der Waals surface area contributed by atoms with Crippen LogP contribution in [0.4, 0.5) is 4.79 Å². The Morgan fingerprint density at radius 3 is 1.92 bits per heavy atom. The Labute approximate surface area is 544 Å². The number of carbonyl (C=O) groups is 3. The van der Waals surface area contributed by atoms with Gasteiger partial charge in [-0.1, -0.05) is 63.6 Å². The summed E-state index contributed by atoms with van der Waals surface area (Å²) in [4.78, 5) is 43.0. The van der Waals surface area contributed by atoms with E-state index < -0.39 is 210 Å². The number of quaternary nitrogens is 1. The van der Waals surface area contributed by atoms with Crippen LogP contribution in [0.15, 0.2) is 58.4 Å². The average molecular weight is 1320 g/mol. The molecule has 6 heterocycles. The van der Waals surface area contributed by atoms with E-state index in [0.717, 1.165) is 5.57 Å². The number of aliphatic hydroxyl groups excluding tert-OH is 6. The number of carbonyl (C=O) groups excluding carboxylic acids is 3. The van der Waals surface area contributed by atoms with Crippen molar-refractivity contribution < 1.29 is 117 Å². The molecule has 26 nitrogen and oxygen atoms in total. The molecule has 10 rings (SSSR count). The second kappa shape index (κ2) is 28.5. The maximum atomic E-state index is 15.7. The molecule has 10 aliphatic rings. The molecule has 0 aromatic heterocycles. The number of ether oxygens (including phenoxy) is 13. The summed E-state index contributed by atoms with van der Waals surface area (Å²) in [5, 5.41) is 93.4. The fourth-order valence-corrected chi connectivity index (χ4v) is 17.3. The fourth-order valence-electron chi connectivity index (χ4n) is 17.3. The Kier molecular flexibility index (Phi) is 22.1. The number of alkyl carbamates (subject to hydrolysis) is 1. The van der Waals surface area contributed by atoms with Crippen LogP contribution in [0.25, 0.3) is 0 Å². The van der Waals surface area contributed by atoms with E-state index in [-0.39, 0.29) is 63.4 Å². The van der Waals surface area contributed by atoms with Gasteiger partial charge in [-0.2, -0.15) is 0 Å². The molecule has 93 heavy (non-hydrogen) atoms. The first-order valence-electron chi connectivity index (χ1n) is 33.3. The van der Waals surface area contributed by atoms with E-state index in [2.05, 4.69) is 25.2 Å². The summed E-state index contributed by atoms with van der Waals surface area (Å²) in [5.41, 5.74) is -3.22. The minimum absolute atomic E-state index is 0.000292. The van der Waals surface area contributed by atoms with Gasteiger partial charge < -0.3 is 103 Å². The number of hydroxylamine groups is 2. The number of allylic oxidation sites excluding steroid dienone is 3. The second-order valence-electron chi connectivity index (χ2n) is 28.7. The zero-order chi connectivity index (χ0) is 67.7. The average Bonchev–Trinajstić information content (AvgIpc) is 1.70. The highest BCUT2D eigenvalue weighted by Crippen LogP contribution is 2.61. The Hall–Kier alpha value is -3.85. The zero-order valence-electron chi connectivity index (χ0n) is 56.0. The van der Waals surface area contributed by atoms with Crippen molar-refractivity contribution in [3.63, 3.8) is 0 Å². The summed E-state index contributed by atoms with van der Waals surface area (Å²) in [5.74, 6) is -5.24. The van der Waals surface area contributed by atoms with E-state index in [1.165, 1.54) is 21.1 Å². The predicted octanol–water partition coefficient (Wildman–Crippen LogP) is 3.95. The van der Waals surface area contributed by atoms with Crippen LogP contribution < -0.4 is 10.5 Å². The minimum Gasteiger partial charge on any atom is -0.600 e. The first-order chi connectivity index (χ1) is 43.9. The van der Waals surface area contributed by atoms with Gasteiger partial charge in [-0.05, 0) is 103 Å². The first-order valence-corrected chi connectivity index (χ1v) is 33.3. The van der Waals surface area contributed by atoms with Gasteiger partial charge in [-0.25, -0.2) is 20.0 Å². The second-order valence-corrected chi connectivity index (χ2v) is 28.7. The topological polar surface area (TPSA) is 352 Å². The number of hydrogen-bond donors (Lipinski definition) is 9. The maximum Gasteiger partial charge on any atom is 0.407 e. The molecule has 6 aliphatic heterocycles. The standard InChI is InChI=1S/C67H102N2O24/c1-29-15-18-45(88-52-27-65(11,69(79)80)60(38(10)87-52)68-64(78)82-14)30(2)20-40-21-39(28-70)33(5)26-67(40)62(76)53(63(77)93-67)61(75)66(12)42(29)17-16-41-54(66)31(3)19-32(4)57(41)91-51-24-46(56(74)35(7)84-51)89-50-25-47(90-48-22-43(71)55(73)34(6)83-48)59(37(9)86-50)92-49-23-44(72)58(81-13)36(8)85-49/h15-17,20-21,31-38,40-52,54-60,69-75,79H,18-19,22-28H2,1-14H3,(H,68,78). The Balaban J connectivity index is 0.942. The SMILES string of the molecule is COC(=O)NC1C(C)OC(OC2CC=C(C)C3C=CC4C(OC5CC(OC6CC(OC7CC(O)C(O)C(C)O7)C(OC7CC(O)C(OC)C(C)O7)C(C)O6)C(O)C(C)O5)C(C)CC(C)C4C3(C)C(O)=C3C(=O)OC4(CC(C)C(CO)=CC4C=C2C)C3=O)CC1(C)[NH+]([O-])O. The molecule has 6 saturated heterocycles. The third-order valence-corrected chi connectivity index (χ3v) is 22.4. The monoisotopic (exact) mass is 1320 g/mol. The number of methoxy groups -OCH3 is 2. The van der Waals surface area contributed by atoms with Crippen molar-refractivity contribution in [2.45, 2.75) is 275 Å². The summed E-state index contributed by atoms with van der Waals surface area (Å²) in [6.07, 6.45) is -7.60. The molecule has 9 N–H and O–H groups in total. The molecular formula is C67H102N2O24. The lowest BCUT2D eigenvalue weighted by atomic mass is 9.49. The first kappa shape index (κ1) is 71.9. The van der Waals surface area contributed by atoms with Crippen molar-refractivity contribution in [1.29, 1.82) is 0 Å². The highest BCUT2D eigenvalue weighted by atomic mass is 16.8. The molecule has 524 valence electrons. The Morgan fingerprint density at radius 2 is 1.28 bits per heavy atom. The number of hydrogen-bond acceptors (Lipinski definition) is 24. The number of Topliss-reactive ketones (excluding diaryl/α,β-unsaturated/α-hetero) is 1. The lowest BCUT2D eigenvalue weighted by Gasteiger charge is -2.56. The van der Waals surface area contributed by atoms with E-state index in [9.17, 15) is 50.6 Å². The van der Waals surface area contributed by atoms with Crippen molar-refractivity contribution >= 4 is 17.8 Å². The van der Waals surface area contributed by atoms with Crippen molar-refractivity contribution in [3.8, 4) is 0 Å². The van der Waals surface area contributed by atoms with Crippen molar-refractivity contribution in [2.75, 3.05) is 20.8 Å². The minimum atomic E-state index is -1.83. The van der Waals surface area contributed by atoms with Gasteiger partial charge in [0, 0.05) is 62.4 Å². The lowest BCUT2D eigenvalue weighted by Crippen LogP contribution is -3.17. The summed E-state index contributed by atoms with van der Waals surface area (Å²) >= 11 is 0. The van der Waals surface area contributed by atoms with Crippen LogP contribution >= 0.6 is 0 Å². The number of nitrogens with one attached hydrogen (secondary N) is 2. The van der Waals surface area contributed by atoms with Gasteiger partial charge in [-0.3, -0.25) is 4.79 Å². The molecule has 26 heteroatoms. The summed E-state index contributed by atoms with van der Waals surface area (Å²) in [6.45, 7) is 21.4. The molecule has 32 unspecified atom stereocenters. The summed E-state index contributed by atoms with van der Waals surface area (Å²) < 4.78 is 82.1. The molecule has 0 aromatic rings. The molecule has 0 radical (unpaired) electrons. The molecular weight excluding hydrogens is 1220 g/mol. The van der Waals surface area contributed by atoms with E-state index in [0.29, 0.717) is 17.6 Å². The maximum absolute atomic E-state index is 15.7. The highest BCUT2D eigenvalue weighted by molar-refractivity contribution is 6.26. The third kappa shape index (κ3) is 13.9. The van der Waals surface area contributed by atoms with Gasteiger partial charge in [0.1, 0.15) is 41.8 Å². The van der Waals surface area contributed by atoms with Crippen molar-refractivity contribution in [2.24, 2.45) is 46.8 Å². The van der Waals surface area contributed by atoms with Crippen LogP contribution in [-0.2, 0) is 71.2 Å². The molecule has 32 atom stereocenters. The summed E-state index contributed by atoms with van der Waals surface area (Å²) in [7, 11) is 2.69. The van der Waals surface area contributed by atoms with Gasteiger partial charge in [0.25, 0.3) is 0 Å². The molecule has 0 aromatic carbocycles. The van der Waals surface area contributed by atoms with Crippen molar-refractivity contribution in [1.82, 2.24) is 5.32 Å². The van der Waals surface area contributed by atoms with E-state index in [1.54, 1.807) is 46.8 Å². The van der Waals surface area contributed by atoms with Crippen LogP contribution in [0.3, 0.4) is 0 Å². The van der Waals surface area contributed by atoms with Crippen LogP contribution in [0.5, 0.6) is 0 Å². The number of ketones is 1. The van der Waals surface area contributed by atoms with Crippen molar-refractivity contribution in [3.05, 3.63) is 63.6 Å². The van der Waals surface area contributed by atoms with E-state index in [4.69, 9.17) is 61.6 Å². The highest BCUT2D eigenvalue weighted by Gasteiger charge is 2.64. The Morgan fingerprint density at radius 1 is 0.688 bits per heavy atom. The molecule has 1 amide bonds. The van der Waals surface area contributed by atoms with Crippen LogP contribution in [0.1, 0.15) is 134 Å². The lowest BCUT2D eigenvalue weighted by molar-refractivity contribution is -1.09. The van der Waals surface area contributed by atoms with E-state index in [1.807, 2.05) is 39.8 Å². The summed E-state index contributed by atoms with van der Waals surface area (Å²) in [6, 6.07) is -0.994. The van der Waals surface area contributed by atoms with Crippen LogP contribution in [0, 0.1) is 52.0 Å². The molecule has 1 saturated carbocycles. The van der Waals surface area contributed by atoms with Gasteiger partial charge in [0.15, 0.2) is 42.6 Å². The Bertz CT molecular complexity index is 2830. The fraction of sp³-hybridized carbons (Fsp3) is 0.806. The van der Waals surface area contributed by atoms with Crippen LogP contribution in [-0.4, -0.2) is 215 Å². The van der Waals surface area contributed by atoms with E-state index >= 15 is 4.79 Å². The van der Waals surface area contributed by atoms with Gasteiger partial charge in [0.05, 0.1) is 87.3 Å². The predicted molar refractivity (Wildman–Crippen MR) is 327 cm³/mol. The molecule has 4 aliphatic carbocycles. The number of amides is 1. The number of rotatable bonds is 14. The van der Waals surface area contributed by atoms with Gasteiger partial charge in [-0.15, -0.1) is 0 Å². The van der Waals surface area contributed by atoms with Gasteiger partial charge >= 0.3 is 12.1 Å². The molecule has 1 spiro atoms. The number of esters is 1. The number of aliphatic hydroxyl groups is 6. The third-order valence-electron chi connectivity index (χ3n) is 22.4. The smallest absolute Gasteiger partial charge is 0.407 e. The molecule has 2 bridgehead atoms. The zero-order valence-corrected chi connectivity index (χ0v) is 56.0. The molecule has 7 fully saturated rings. The van der Waals surface area contributed by atoms with Gasteiger partial charge in [0.2, 0.25) is 5.78 Å². The quantitative estimate of drug-likeness (QED) is 0.0514. The largest absolute Gasteiger partial charge is 0.600 e. The normalized spacial score (nSPS) is 48.4. The van der Waals surface area contributed by atoms with Crippen LogP contribution in [0.2, 0.25) is 0 Å².